The molecule has 4 heteroatoms. The molecular weight excluding hydrogens is 343 g/mol. The fourth-order valence-corrected chi connectivity index (χ4v) is 8.66. The molecule has 3 nitrogen and oxygen atoms in total. The van der Waals surface area contributed by atoms with Gasteiger partial charge < -0.3 is 14.7 Å². The second-order valence-corrected chi connectivity index (χ2v) is 11.0. The van der Waals surface area contributed by atoms with Gasteiger partial charge in [0.15, 0.2) is 0 Å². The van der Waals surface area contributed by atoms with Crippen LogP contribution in [0.4, 0.5) is 0 Å². The van der Waals surface area contributed by atoms with E-state index in [0.717, 1.165) is 12.8 Å². The summed E-state index contributed by atoms with van der Waals surface area (Å²) in [7, 11) is 2.46. The molecule has 0 aromatic rings. The highest BCUT2D eigenvalue weighted by Gasteiger charge is 2.62. The highest BCUT2D eigenvalue weighted by Crippen LogP contribution is 2.68. The predicted octanol–water partition coefficient (Wildman–Crippen LogP) is 4.42. The van der Waals surface area contributed by atoms with Crippen LogP contribution in [0.3, 0.4) is 0 Å². The van der Waals surface area contributed by atoms with Crippen molar-refractivity contribution in [2.75, 3.05) is 6.61 Å². The van der Waals surface area contributed by atoms with Gasteiger partial charge in [-0.05, 0) is 97.7 Å². The first-order chi connectivity index (χ1) is 12.3. The lowest BCUT2D eigenvalue weighted by atomic mass is 9.43. The Bertz CT molecular complexity index is 528. The molecule has 150 valence electrons. The Labute approximate surface area is 161 Å². The lowest BCUT2D eigenvalue weighted by Gasteiger charge is -2.62. The first-order valence-corrected chi connectivity index (χ1v) is 11.5. The molecule has 0 aliphatic heterocycles. The van der Waals surface area contributed by atoms with Crippen molar-refractivity contribution in [2.45, 2.75) is 84.3 Å². The molecule has 2 N–H and O–H groups in total. The molecule has 11 atom stereocenters. The Morgan fingerprint density at radius 1 is 1.04 bits per heavy atom. The van der Waals surface area contributed by atoms with Crippen LogP contribution in [0.15, 0.2) is 0 Å². The number of aliphatic hydroxyl groups excluding tert-OH is 2. The maximum absolute atomic E-state index is 11.3. The highest BCUT2D eigenvalue weighted by molar-refractivity contribution is 7.09. The van der Waals surface area contributed by atoms with Crippen molar-refractivity contribution in [3.05, 3.63) is 0 Å². The third kappa shape index (κ3) is 2.75. The molecule has 4 aliphatic rings. The SMILES string of the molecule is C[C@H](CO)C1CC[C@H]2[C@@H]3[C@H](O)C[C@@H]4C[C@H](OP)CC[C@]4(C)[C@H]3CC[C@]12C. The average molecular weight is 383 g/mol. The molecule has 26 heavy (non-hydrogen) atoms. The monoisotopic (exact) mass is 382 g/mol. The molecule has 2 unspecified atom stereocenters. The summed E-state index contributed by atoms with van der Waals surface area (Å²) in [5.41, 5.74) is 0.694. The summed E-state index contributed by atoms with van der Waals surface area (Å²) < 4.78 is 5.61. The highest BCUT2D eigenvalue weighted by atomic mass is 31.0. The van der Waals surface area contributed by atoms with Gasteiger partial charge in [0.1, 0.15) is 0 Å². The van der Waals surface area contributed by atoms with Crippen LogP contribution < -0.4 is 0 Å². The third-order valence-electron chi connectivity index (χ3n) is 9.88. The van der Waals surface area contributed by atoms with Gasteiger partial charge in [0.05, 0.1) is 12.2 Å². The number of hydrogen-bond acceptors (Lipinski definition) is 3. The van der Waals surface area contributed by atoms with Crippen LogP contribution in [0.25, 0.3) is 0 Å². The smallest absolute Gasteiger partial charge is 0.0614 e. The van der Waals surface area contributed by atoms with Gasteiger partial charge >= 0.3 is 0 Å². The van der Waals surface area contributed by atoms with Gasteiger partial charge in [-0.3, -0.25) is 0 Å². The summed E-state index contributed by atoms with van der Waals surface area (Å²) in [5, 5.41) is 21.0. The second-order valence-electron chi connectivity index (χ2n) is 10.7. The molecule has 0 amide bonds. The van der Waals surface area contributed by atoms with Gasteiger partial charge in [0, 0.05) is 16.1 Å². The zero-order valence-electron chi connectivity index (χ0n) is 16.9. The van der Waals surface area contributed by atoms with Crippen molar-refractivity contribution in [3.63, 3.8) is 0 Å². The molecule has 4 saturated carbocycles. The van der Waals surface area contributed by atoms with Crippen LogP contribution in [-0.2, 0) is 4.52 Å². The Hall–Kier alpha value is 0.310. The van der Waals surface area contributed by atoms with Crippen molar-refractivity contribution in [2.24, 2.45) is 46.3 Å². The molecule has 0 radical (unpaired) electrons. The molecular formula is C22H39O3P. The fourth-order valence-electron chi connectivity index (χ4n) is 8.41. The first-order valence-electron chi connectivity index (χ1n) is 11.0. The minimum absolute atomic E-state index is 0.144. The van der Waals surface area contributed by atoms with E-state index in [1.807, 2.05) is 0 Å². The fraction of sp³-hybridized carbons (Fsp3) is 1.00. The van der Waals surface area contributed by atoms with Crippen molar-refractivity contribution in [1.29, 1.82) is 0 Å². The Balaban J connectivity index is 1.61. The lowest BCUT2D eigenvalue weighted by molar-refractivity contribution is -0.172. The molecule has 4 aliphatic carbocycles. The van der Waals surface area contributed by atoms with Gasteiger partial charge in [0.2, 0.25) is 0 Å². The summed E-state index contributed by atoms with van der Waals surface area (Å²) in [5.74, 6) is 3.40. The van der Waals surface area contributed by atoms with Crippen LogP contribution in [0.2, 0.25) is 0 Å². The van der Waals surface area contributed by atoms with Gasteiger partial charge in [-0.25, -0.2) is 0 Å². The standard InChI is InChI=1S/C22H39O3P/c1-13(12-23)16-4-5-17-20-18(7-9-22(16,17)3)21(2)8-6-15(25-26)10-14(21)11-19(20)24/h13-20,23-24H,4-12,26H2,1-3H3/t13-,14+,15-,16?,17+,18+,19-,20+,21+,22-/m1/s1. The van der Waals surface area contributed by atoms with E-state index < -0.39 is 0 Å². The van der Waals surface area contributed by atoms with E-state index in [0.29, 0.717) is 59.0 Å². The Morgan fingerprint density at radius 3 is 2.42 bits per heavy atom. The molecule has 0 saturated heterocycles. The molecule has 0 spiro atoms. The van der Waals surface area contributed by atoms with E-state index in [1.54, 1.807) is 0 Å². The van der Waals surface area contributed by atoms with E-state index in [2.05, 4.69) is 30.2 Å². The van der Waals surface area contributed by atoms with Gasteiger partial charge in [-0.2, -0.15) is 0 Å². The summed E-state index contributed by atoms with van der Waals surface area (Å²) in [4.78, 5) is 0. The van der Waals surface area contributed by atoms with Crippen LogP contribution in [0.5, 0.6) is 0 Å². The summed E-state index contributed by atoms with van der Waals surface area (Å²) in [6.45, 7) is 7.55. The molecule has 0 aromatic heterocycles. The number of rotatable bonds is 3. The second kappa shape index (κ2) is 6.97. The van der Waals surface area contributed by atoms with Gasteiger partial charge in [-0.1, -0.05) is 20.8 Å². The number of fused-ring (bicyclic) bond motifs is 5. The van der Waals surface area contributed by atoms with Crippen molar-refractivity contribution in [3.8, 4) is 0 Å². The zero-order valence-corrected chi connectivity index (χ0v) is 18.0. The topological polar surface area (TPSA) is 49.7 Å². The Kier molecular flexibility index (Phi) is 5.26. The van der Waals surface area contributed by atoms with Crippen LogP contribution in [-0.4, -0.2) is 29.0 Å². The van der Waals surface area contributed by atoms with E-state index in [1.165, 1.54) is 38.5 Å². The maximum Gasteiger partial charge on any atom is 0.0614 e. The largest absolute Gasteiger partial charge is 0.396 e. The molecule has 4 fully saturated rings. The number of hydrogen-bond donors (Lipinski definition) is 2. The first kappa shape index (κ1) is 19.6. The van der Waals surface area contributed by atoms with E-state index in [9.17, 15) is 10.2 Å². The van der Waals surface area contributed by atoms with Crippen LogP contribution >= 0.6 is 9.47 Å². The van der Waals surface area contributed by atoms with Gasteiger partial charge in [-0.15, -0.1) is 0 Å². The summed E-state index contributed by atoms with van der Waals surface area (Å²) in [6.07, 6.45) is 9.76. The van der Waals surface area contributed by atoms with E-state index in [-0.39, 0.29) is 6.10 Å². The quantitative estimate of drug-likeness (QED) is 0.711. The van der Waals surface area contributed by atoms with Crippen molar-refractivity contribution in [1.82, 2.24) is 0 Å². The molecule has 0 heterocycles. The minimum Gasteiger partial charge on any atom is -0.396 e. The van der Waals surface area contributed by atoms with Crippen molar-refractivity contribution < 1.29 is 14.7 Å². The van der Waals surface area contributed by atoms with Crippen LogP contribution in [0, 0.1) is 46.3 Å². The van der Waals surface area contributed by atoms with Gasteiger partial charge in [0.25, 0.3) is 0 Å². The predicted molar refractivity (Wildman–Crippen MR) is 107 cm³/mol. The lowest BCUT2D eigenvalue weighted by Crippen LogP contribution is -2.58. The normalized spacial score (nSPS) is 54.9. The molecule has 0 aromatic carbocycles. The minimum atomic E-state index is -0.144. The van der Waals surface area contributed by atoms with Crippen LogP contribution in [0.1, 0.15) is 72.1 Å². The molecule has 0 bridgehead atoms. The number of aliphatic hydroxyl groups is 2. The molecule has 4 rings (SSSR count). The Morgan fingerprint density at radius 2 is 1.73 bits per heavy atom. The average Bonchev–Trinajstić information content (AvgIpc) is 2.98. The van der Waals surface area contributed by atoms with Crippen molar-refractivity contribution >= 4 is 9.47 Å². The maximum atomic E-state index is 11.3. The van der Waals surface area contributed by atoms with E-state index >= 15 is 0 Å². The summed E-state index contributed by atoms with van der Waals surface area (Å²) >= 11 is 0. The summed E-state index contributed by atoms with van der Waals surface area (Å²) in [6, 6.07) is 0. The third-order valence-corrected chi connectivity index (χ3v) is 10.3. The zero-order chi connectivity index (χ0) is 18.7. The van der Waals surface area contributed by atoms with E-state index in [4.69, 9.17) is 4.52 Å².